The van der Waals surface area contributed by atoms with Crippen molar-refractivity contribution in [3.05, 3.63) is 35.7 Å². The highest BCUT2D eigenvalue weighted by molar-refractivity contribution is 6.76. The average Bonchev–Trinajstić information content (AvgIpc) is 3.30. The third-order valence-corrected chi connectivity index (χ3v) is 8.10. The minimum absolute atomic E-state index is 0.0741. The molecule has 3 unspecified atom stereocenters. The first kappa shape index (κ1) is 22.3. The lowest BCUT2D eigenvalue weighted by molar-refractivity contribution is -0.128. The Morgan fingerprint density at radius 2 is 2.00 bits per heavy atom. The molecule has 170 valence electrons. The van der Waals surface area contributed by atoms with E-state index in [0.29, 0.717) is 6.61 Å². The molecule has 1 saturated heterocycles. The van der Waals surface area contributed by atoms with Gasteiger partial charge in [0.1, 0.15) is 5.84 Å². The fraction of sp³-hybridized carbons (Fsp3) is 0.652. The normalized spacial score (nSPS) is 30.5. The van der Waals surface area contributed by atoms with Gasteiger partial charge >= 0.3 is 0 Å². The lowest BCUT2D eigenvalue weighted by Gasteiger charge is -2.43. The van der Waals surface area contributed by atoms with Crippen LogP contribution in [0, 0.1) is 0 Å². The van der Waals surface area contributed by atoms with Gasteiger partial charge in [0.25, 0.3) is 5.91 Å². The van der Waals surface area contributed by atoms with E-state index in [1.807, 2.05) is 28.4 Å². The molecule has 31 heavy (non-hydrogen) atoms. The van der Waals surface area contributed by atoms with Crippen LogP contribution in [0.5, 0.6) is 0 Å². The minimum atomic E-state index is -1.26. The van der Waals surface area contributed by atoms with Gasteiger partial charge in [-0.15, -0.1) is 0 Å². The Balaban J connectivity index is 1.64. The highest BCUT2D eigenvalue weighted by Crippen LogP contribution is 2.37. The van der Waals surface area contributed by atoms with Crippen LogP contribution < -0.4 is 10.7 Å². The third kappa shape index (κ3) is 4.52. The zero-order valence-electron chi connectivity index (χ0n) is 19.6. The molecule has 0 aromatic carbocycles. The first-order valence-corrected chi connectivity index (χ1v) is 15.4. The van der Waals surface area contributed by atoms with Gasteiger partial charge in [0.05, 0.1) is 23.2 Å². The summed E-state index contributed by atoms with van der Waals surface area (Å²) in [6.45, 7) is 13.6. The number of hydrogen-bond donors (Lipinski definition) is 2. The summed E-state index contributed by atoms with van der Waals surface area (Å²) in [6.07, 6.45) is 11.5. The molecule has 1 amide bonds. The van der Waals surface area contributed by atoms with Gasteiger partial charge in [-0.05, 0) is 51.3 Å². The maximum absolute atomic E-state index is 13.3. The van der Waals surface area contributed by atoms with E-state index in [1.165, 1.54) is 6.42 Å². The minimum Gasteiger partial charge on any atom is -0.347 e. The Labute approximate surface area is 187 Å². The molecule has 8 heteroatoms. The highest BCUT2D eigenvalue weighted by Gasteiger charge is 2.48. The van der Waals surface area contributed by atoms with Crippen LogP contribution in [0.15, 0.2) is 40.7 Å². The summed E-state index contributed by atoms with van der Waals surface area (Å²) in [5.41, 5.74) is 4.51. The van der Waals surface area contributed by atoms with Crippen molar-refractivity contribution in [2.75, 3.05) is 19.7 Å². The largest absolute Gasteiger partial charge is 0.347 e. The molecule has 0 aliphatic carbocycles. The second-order valence-electron chi connectivity index (χ2n) is 10.3. The number of ether oxygens (including phenoxy) is 1. The highest BCUT2D eigenvalue weighted by atomic mass is 28.3. The molecule has 0 radical (unpaired) electrons. The molecule has 0 saturated carbocycles. The van der Waals surface area contributed by atoms with E-state index >= 15 is 0 Å². The van der Waals surface area contributed by atoms with Crippen molar-refractivity contribution < 1.29 is 9.53 Å². The van der Waals surface area contributed by atoms with Gasteiger partial charge in [0.15, 0.2) is 0 Å². The van der Waals surface area contributed by atoms with Crippen molar-refractivity contribution in [2.45, 2.75) is 76.6 Å². The molecule has 0 aromatic heterocycles. The van der Waals surface area contributed by atoms with E-state index in [4.69, 9.17) is 9.73 Å². The van der Waals surface area contributed by atoms with Crippen LogP contribution in [0.25, 0.3) is 0 Å². The van der Waals surface area contributed by atoms with Crippen LogP contribution in [-0.4, -0.2) is 67.2 Å². The predicted molar refractivity (Wildman–Crippen MR) is 127 cm³/mol. The van der Waals surface area contributed by atoms with Gasteiger partial charge < -0.3 is 15.0 Å². The molecule has 3 atom stereocenters. The molecular weight excluding hydrogens is 406 g/mol. The van der Waals surface area contributed by atoms with E-state index in [9.17, 15) is 4.79 Å². The Hall–Kier alpha value is -1.90. The van der Waals surface area contributed by atoms with Crippen molar-refractivity contribution in [2.24, 2.45) is 4.99 Å². The summed E-state index contributed by atoms with van der Waals surface area (Å²) >= 11 is 0. The molecule has 0 aromatic rings. The maximum atomic E-state index is 13.3. The molecule has 4 aliphatic rings. The van der Waals surface area contributed by atoms with E-state index in [2.05, 4.69) is 50.3 Å². The number of amides is 1. The number of rotatable bonds is 6. The Morgan fingerprint density at radius 1 is 1.26 bits per heavy atom. The number of piperidine rings is 1. The summed E-state index contributed by atoms with van der Waals surface area (Å²) in [4.78, 5) is 20.0. The Morgan fingerprint density at radius 3 is 2.71 bits per heavy atom. The van der Waals surface area contributed by atoms with Gasteiger partial charge in [-0.2, -0.15) is 0 Å². The zero-order chi connectivity index (χ0) is 22.2. The number of amidine groups is 1. The van der Waals surface area contributed by atoms with E-state index < -0.39 is 13.8 Å². The monoisotopic (exact) mass is 443 g/mol. The molecule has 4 heterocycles. The van der Waals surface area contributed by atoms with Gasteiger partial charge in [-0.1, -0.05) is 19.6 Å². The quantitative estimate of drug-likeness (QED) is 0.618. The van der Waals surface area contributed by atoms with Gasteiger partial charge in [-0.3, -0.25) is 14.8 Å². The molecule has 7 nitrogen and oxygen atoms in total. The van der Waals surface area contributed by atoms with Crippen LogP contribution >= 0.6 is 0 Å². The molecule has 4 rings (SSSR count). The summed E-state index contributed by atoms with van der Waals surface area (Å²) in [7, 11) is -1.26. The molecule has 0 spiro atoms. The average molecular weight is 444 g/mol. The van der Waals surface area contributed by atoms with Crippen molar-refractivity contribution in [3.63, 3.8) is 0 Å². The second kappa shape index (κ2) is 8.56. The summed E-state index contributed by atoms with van der Waals surface area (Å²) in [5.74, 6) is 0.988. The standard InChI is InChI=1S/C23H37N5O2Si/c1-17-15-20-21(25-17)24-10-9-23(20,30-13-14-31(3,4)5)28-16-19(18(2)26-28)22(29)27-11-7-6-8-12-27/h9-10,15-18,26H,6-8,11-14H2,1-5H3,(H,24,25). The van der Waals surface area contributed by atoms with Crippen molar-refractivity contribution in [1.29, 1.82) is 0 Å². The first-order chi connectivity index (χ1) is 14.7. The van der Waals surface area contributed by atoms with Gasteiger partial charge in [0.2, 0.25) is 5.72 Å². The maximum Gasteiger partial charge on any atom is 0.252 e. The zero-order valence-corrected chi connectivity index (χ0v) is 20.6. The number of fused-ring (bicyclic) bond motifs is 1. The fourth-order valence-corrected chi connectivity index (χ4v) is 5.27. The Kier molecular flexibility index (Phi) is 6.16. The summed E-state index contributed by atoms with van der Waals surface area (Å²) in [5, 5.41) is 5.27. The van der Waals surface area contributed by atoms with Crippen molar-refractivity contribution >= 4 is 19.8 Å². The van der Waals surface area contributed by atoms with E-state index in [1.54, 1.807) is 0 Å². The van der Waals surface area contributed by atoms with Gasteiger partial charge in [0, 0.05) is 40.2 Å². The lowest BCUT2D eigenvalue weighted by Crippen LogP contribution is -2.58. The SMILES string of the molecule is CC1C=C2C(=N1)NC=CC2(OCC[Si](C)(C)C)N1C=C(C(=O)N2CCCCC2)C(C)N1. The number of carbonyl (C=O) groups excluding carboxylic acids is 1. The first-order valence-electron chi connectivity index (χ1n) is 11.6. The third-order valence-electron chi connectivity index (χ3n) is 6.40. The molecule has 1 fully saturated rings. The van der Waals surface area contributed by atoms with E-state index in [0.717, 1.165) is 49.0 Å². The lowest BCUT2D eigenvalue weighted by atomic mass is 9.98. The van der Waals surface area contributed by atoms with Crippen LogP contribution in [0.1, 0.15) is 33.1 Å². The number of carbonyl (C=O) groups is 1. The topological polar surface area (TPSA) is 69.2 Å². The number of aliphatic imine (C=N–C) groups is 1. The molecule has 4 aliphatic heterocycles. The molecule has 0 bridgehead atoms. The van der Waals surface area contributed by atoms with Crippen LogP contribution in [0.3, 0.4) is 0 Å². The fourth-order valence-electron chi connectivity index (χ4n) is 4.55. The number of hydrogen-bond acceptors (Lipinski definition) is 6. The smallest absolute Gasteiger partial charge is 0.252 e. The number of nitrogens with one attached hydrogen (secondary N) is 2. The van der Waals surface area contributed by atoms with Crippen molar-refractivity contribution in [1.82, 2.24) is 20.7 Å². The molecule has 2 N–H and O–H groups in total. The number of hydrazine groups is 1. The molecular formula is C23H37N5O2Si. The van der Waals surface area contributed by atoms with Crippen molar-refractivity contribution in [3.8, 4) is 0 Å². The number of likely N-dealkylation sites (tertiary alicyclic amines) is 1. The van der Waals surface area contributed by atoms with Crippen LogP contribution in [0.4, 0.5) is 0 Å². The van der Waals surface area contributed by atoms with Gasteiger partial charge in [-0.25, -0.2) is 5.43 Å². The Bertz CT molecular complexity index is 837. The van der Waals surface area contributed by atoms with Crippen LogP contribution in [0.2, 0.25) is 25.7 Å². The summed E-state index contributed by atoms with van der Waals surface area (Å²) in [6, 6.07) is 1.09. The van der Waals surface area contributed by atoms with E-state index in [-0.39, 0.29) is 18.0 Å². The van der Waals surface area contributed by atoms with Crippen LogP contribution in [-0.2, 0) is 9.53 Å². The summed E-state index contributed by atoms with van der Waals surface area (Å²) < 4.78 is 6.67. The predicted octanol–water partition coefficient (Wildman–Crippen LogP) is 2.99. The number of nitrogens with zero attached hydrogens (tertiary/aromatic N) is 3. The second-order valence-corrected chi connectivity index (χ2v) is 15.9.